The predicted octanol–water partition coefficient (Wildman–Crippen LogP) is 3.40. The van der Waals surface area contributed by atoms with Gasteiger partial charge in [0.2, 0.25) is 5.91 Å². The Morgan fingerprint density at radius 1 is 1.08 bits per heavy atom. The van der Waals surface area contributed by atoms with Crippen LogP contribution < -0.4 is 10.1 Å². The molecule has 4 rings (SSSR count). The molecule has 0 spiro atoms. The summed E-state index contributed by atoms with van der Waals surface area (Å²) < 4.78 is 21.8. The van der Waals surface area contributed by atoms with E-state index in [1.54, 1.807) is 19.6 Å². The van der Waals surface area contributed by atoms with E-state index in [2.05, 4.69) is 15.3 Å². The Balaban J connectivity index is 1.22. The van der Waals surface area contributed by atoms with Crippen LogP contribution in [0, 0.1) is 0 Å². The van der Waals surface area contributed by atoms with Gasteiger partial charge in [-0.25, -0.2) is 9.97 Å². The molecule has 0 aliphatic carbocycles. The third-order valence-electron chi connectivity index (χ3n) is 5.80. The minimum atomic E-state index is -0.278. The van der Waals surface area contributed by atoms with Gasteiger partial charge in [0.15, 0.2) is 5.13 Å². The van der Waals surface area contributed by atoms with Crippen molar-refractivity contribution in [3.63, 3.8) is 0 Å². The second kappa shape index (κ2) is 13.1. The van der Waals surface area contributed by atoms with Crippen LogP contribution in [0.3, 0.4) is 0 Å². The van der Waals surface area contributed by atoms with Crippen molar-refractivity contribution in [3.05, 3.63) is 34.3 Å². The second-order valence-corrected chi connectivity index (χ2v) is 10.1. The molecule has 36 heavy (non-hydrogen) atoms. The van der Waals surface area contributed by atoms with E-state index in [0.29, 0.717) is 50.3 Å². The zero-order valence-corrected chi connectivity index (χ0v) is 22.0. The number of aromatic nitrogens is 2. The van der Waals surface area contributed by atoms with Crippen molar-refractivity contribution >= 4 is 49.8 Å². The summed E-state index contributed by atoms with van der Waals surface area (Å²) in [6, 6.07) is 5.60. The topological polar surface area (TPSA) is 112 Å². The Morgan fingerprint density at radius 2 is 1.86 bits per heavy atom. The lowest BCUT2D eigenvalue weighted by Crippen LogP contribution is -2.40. The van der Waals surface area contributed by atoms with Gasteiger partial charge in [0, 0.05) is 31.5 Å². The summed E-state index contributed by atoms with van der Waals surface area (Å²) in [7, 11) is 3.24. The van der Waals surface area contributed by atoms with Crippen LogP contribution in [0.25, 0.3) is 10.2 Å². The van der Waals surface area contributed by atoms with Crippen LogP contribution in [-0.4, -0.2) is 87.0 Å². The fourth-order valence-corrected chi connectivity index (χ4v) is 5.68. The zero-order chi connectivity index (χ0) is 25.3. The second-order valence-electron chi connectivity index (χ2n) is 8.19. The minimum Gasteiger partial charge on any atom is -0.497 e. The van der Waals surface area contributed by atoms with Gasteiger partial charge in [0.1, 0.15) is 18.1 Å². The van der Waals surface area contributed by atoms with E-state index in [0.717, 1.165) is 33.8 Å². The highest BCUT2D eigenvalue weighted by molar-refractivity contribution is 7.22. The summed E-state index contributed by atoms with van der Waals surface area (Å²) in [5, 5.41) is 6.07. The highest BCUT2D eigenvalue weighted by atomic mass is 32.1. The Labute approximate surface area is 217 Å². The summed E-state index contributed by atoms with van der Waals surface area (Å²) in [6.45, 7) is 3.21. The van der Waals surface area contributed by atoms with Crippen LogP contribution in [-0.2, 0) is 19.0 Å². The van der Waals surface area contributed by atoms with Crippen molar-refractivity contribution in [3.8, 4) is 5.75 Å². The van der Waals surface area contributed by atoms with Gasteiger partial charge in [0.05, 0.1) is 48.8 Å². The molecule has 1 aliphatic heterocycles. The Kier molecular flexibility index (Phi) is 9.59. The molecule has 2 aromatic heterocycles. The Hall–Kier alpha value is -2.64. The fourth-order valence-electron chi connectivity index (χ4n) is 3.81. The number of amides is 2. The predicted molar refractivity (Wildman–Crippen MR) is 138 cm³/mol. The Morgan fingerprint density at radius 3 is 2.64 bits per heavy atom. The van der Waals surface area contributed by atoms with Gasteiger partial charge in [-0.15, -0.1) is 11.3 Å². The maximum absolute atomic E-state index is 12.7. The summed E-state index contributed by atoms with van der Waals surface area (Å²) >= 11 is 2.87. The molecule has 3 heterocycles. The van der Waals surface area contributed by atoms with E-state index in [-0.39, 0.29) is 24.3 Å². The number of anilines is 1. The van der Waals surface area contributed by atoms with Gasteiger partial charge >= 0.3 is 0 Å². The van der Waals surface area contributed by atoms with Crippen molar-refractivity contribution in [2.24, 2.45) is 0 Å². The van der Waals surface area contributed by atoms with E-state index in [1.807, 2.05) is 23.1 Å². The smallest absolute Gasteiger partial charge is 0.276 e. The number of methoxy groups -OCH3 is 2. The first-order chi connectivity index (χ1) is 17.6. The lowest BCUT2D eigenvalue weighted by molar-refractivity contribution is -0.137. The number of benzene rings is 1. The zero-order valence-electron chi connectivity index (χ0n) is 20.4. The summed E-state index contributed by atoms with van der Waals surface area (Å²) in [5.74, 6) is 0.680. The fraction of sp³-hybridized carbons (Fsp3) is 0.500. The standard InChI is InChI=1S/C24H30N4O6S2/c1-31-9-10-33-11-12-34-14-21(29)28-7-5-16(6-8-28)23-25-19(15-35-23)22(30)27-24-26-18-4-3-17(32-2)13-20(18)36-24/h3-4,13,15-16H,5-12,14H2,1-2H3,(H,26,27,30). The van der Waals surface area contributed by atoms with E-state index < -0.39 is 0 Å². The third kappa shape index (κ3) is 6.98. The Bertz CT molecular complexity index is 1160. The van der Waals surface area contributed by atoms with Crippen LogP contribution in [0.15, 0.2) is 23.6 Å². The van der Waals surface area contributed by atoms with Gasteiger partial charge in [0.25, 0.3) is 5.91 Å². The number of carbonyl (C=O) groups is 2. The number of thiazole rings is 2. The van der Waals surface area contributed by atoms with E-state index in [9.17, 15) is 9.59 Å². The first kappa shape index (κ1) is 26.4. The molecule has 1 saturated heterocycles. The van der Waals surface area contributed by atoms with Crippen molar-refractivity contribution in [2.45, 2.75) is 18.8 Å². The minimum absolute atomic E-state index is 0.0157. The highest BCUT2D eigenvalue weighted by Gasteiger charge is 2.26. The summed E-state index contributed by atoms with van der Waals surface area (Å²) in [6.07, 6.45) is 1.61. The molecule has 1 fully saturated rings. The first-order valence-electron chi connectivity index (χ1n) is 11.7. The average molecular weight is 535 g/mol. The third-order valence-corrected chi connectivity index (χ3v) is 7.74. The van der Waals surface area contributed by atoms with Crippen LogP contribution in [0.2, 0.25) is 0 Å². The molecule has 1 aliphatic rings. The molecule has 0 saturated carbocycles. The van der Waals surface area contributed by atoms with Gasteiger partial charge in [-0.3, -0.25) is 14.9 Å². The number of nitrogens with zero attached hydrogens (tertiary/aromatic N) is 3. The van der Waals surface area contributed by atoms with Crippen LogP contribution in [0.4, 0.5) is 5.13 Å². The SMILES string of the molecule is COCCOCCOCC(=O)N1CCC(c2nc(C(=O)Nc3nc4ccc(OC)cc4s3)cs2)CC1. The summed E-state index contributed by atoms with van der Waals surface area (Å²) in [5.41, 5.74) is 1.18. The van der Waals surface area contributed by atoms with Crippen molar-refractivity contribution in [1.29, 1.82) is 0 Å². The molecule has 1 aromatic carbocycles. The molecule has 3 aromatic rings. The number of ether oxygens (including phenoxy) is 4. The van der Waals surface area contributed by atoms with E-state index in [1.165, 1.54) is 22.7 Å². The molecular formula is C24H30N4O6S2. The molecule has 0 atom stereocenters. The van der Waals surface area contributed by atoms with Crippen molar-refractivity contribution in [1.82, 2.24) is 14.9 Å². The normalized spacial score (nSPS) is 14.3. The molecule has 0 bridgehead atoms. The number of piperidine rings is 1. The average Bonchev–Trinajstić information content (AvgIpc) is 3.55. The molecule has 2 amide bonds. The number of rotatable bonds is 12. The van der Waals surface area contributed by atoms with Crippen molar-refractivity contribution in [2.75, 3.05) is 65.7 Å². The van der Waals surface area contributed by atoms with Gasteiger partial charge in [-0.2, -0.15) is 0 Å². The molecule has 10 nitrogen and oxygen atoms in total. The maximum atomic E-state index is 12.7. The molecular weight excluding hydrogens is 504 g/mol. The van der Waals surface area contributed by atoms with Gasteiger partial charge in [-0.1, -0.05) is 11.3 Å². The number of carbonyl (C=O) groups excluding carboxylic acids is 2. The first-order valence-corrected chi connectivity index (χ1v) is 13.4. The van der Waals surface area contributed by atoms with Crippen LogP contribution >= 0.6 is 22.7 Å². The molecule has 1 N–H and O–H groups in total. The quantitative estimate of drug-likeness (QED) is 0.352. The number of hydrogen-bond acceptors (Lipinski definition) is 10. The van der Waals surface area contributed by atoms with Crippen LogP contribution in [0.5, 0.6) is 5.75 Å². The van der Waals surface area contributed by atoms with Crippen LogP contribution in [0.1, 0.15) is 34.3 Å². The number of nitrogens with one attached hydrogen (secondary N) is 1. The van der Waals surface area contributed by atoms with Gasteiger partial charge in [-0.05, 0) is 31.0 Å². The van der Waals surface area contributed by atoms with Gasteiger partial charge < -0.3 is 23.8 Å². The molecule has 0 unspecified atom stereocenters. The number of likely N-dealkylation sites (tertiary alicyclic amines) is 1. The largest absolute Gasteiger partial charge is 0.497 e. The molecule has 0 radical (unpaired) electrons. The maximum Gasteiger partial charge on any atom is 0.276 e. The highest BCUT2D eigenvalue weighted by Crippen LogP contribution is 2.32. The summed E-state index contributed by atoms with van der Waals surface area (Å²) in [4.78, 5) is 36.0. The molecule has 194 valence electrons. The monoisotopic (exact) mass is 534 g/mol. The van der Waals surface area contributed by atoms with Crippen molar-refractivity contribution < 1.29 is 28.5 Å². The number of fused-ring (bicyclic) bond motifs is 1. The van der Waals surface area contributed by atoms with E-state index in [4.69, 9.17) is 18.9 Å². The number of hydrogen-bond donors (Lipinski definition) is 1. The lowest BCUT2D eigenvalue weighted by atomic mass is 9.97. The van der Waals surface area contributed by atoms with E-state index >= 15 is 0 Å². The lowest BCUT2D eigenvalue weighted by Gasteiger charge is -2.31. The molecule has 12 heteroatoms.